The molecular weight excluding hydrogens is 727 g/mol. The van der Waals surface area contributed by atoms with Crippen molar-refractivity contribution >= 4 is 49.7 Å². The van der Waals surface area contributed by atoms with E-state index in [-0.39, 0.29) is 32.5 Å². The van der Waals surface area contributed by atoms with E-state index >= 15 is 0 Å². The molecule has 0 spiro atoms. The maximum atomic E-state index is 2.55. The molecule has 0 atom stereocenters. The summed E-state index contributed by atoms with van der Waals surface area (Å²) in [5.41, 5.74) is 14.5. The topological polar surface area (TPSA) is 0 Å². The molecule has 0 aliphatic rings. The average molecular weight is 795 g/mol. The van der Waals surface area contributed by atoms with Crippen molar-refractivity contribution in [1.82, 2.24) is 0 Å². The molecule has 0 nitrogen and oxygen atoms in total. The third-order valence-electron chi connectivity index (χ3n) is 10.6. The fourth-order valence-corrected chi connectivity index (χ4v) is 12.6. The van der Waals surface area contributed by atoms with Gasteiger partial charge in [-0.1, -0.05) is 165 Å². The minimum atomic E-state index is -0.0104. The second-order valence-corrected chi connectivity index (χ2v) is 26.4. The summed E-state index contributed by atoms with van der Waals surface area (Å²) in [7, 11) is 2.61. The van der Waals surface area contributed by atoms with E-state index in [1.165, 1.54) is 102 Å². The van der Waals surface area contributed by atoms with Crippen LogP contribution >= 0.6 is 39.1 Å². The molecule has 0 saturated heterocycles. The van der Waals surface area contributed by atoms with Crippen molar-refractivity contribution in [3.63, 3.8) is 0 Å². The van der Waals surface area contributed by atoms with Crippen LogP contribution in [0.25, 0.3) is 22.3 Å². The van der Waals surface area contributed by atoms with Gasteiger partial charge in [0, 0.05) is 41.4 Å². The molecule has 0 aliphatic carbocycles. The number of rotatable bonds is 4. The SMILES string of the molecule is Cc1cc(-c2c(-c3csc(C)c3)c(=Pc3c(C(C)(C)C)cc(C(C)(C)C)cc3C(C)(C)C)c2=Pc2c(C(C)(C)C)cc(C(C)(C)C)cc2C(C)(C)C)cs1. The predicted octanol–water partition coefficient (Wildman–Crippen LogP) is 16.0. The Hall–Kier alpha value is -2.08. The van der Waals surface area contributed by atoms with E-state index in [2.05, 4.69) is 186 Å². The van der Waals surface area contributed by atoms with E-state index < -0.39 is 0 Å². The first-order chi connectivity index (χ1) is 24.4. The Labute approximate surface area is 341 Å². The Bertz CT molecular complexity index is 2050. The molecule has 4 heteroatoms. The summed E-state index contributed by atoms with van der Waals surface area (Å²) in [6.45, 7) is 47.6. The standard InChI is InChI=1S/C50H68P2S2/c1-29-21-31(27-53-29)39-40(32-22-30(2)54-28-32)44(52-42-37(49(15,16)17)25-34(46(6,7)8)26-38(42)50(18,19)20)43(39)51-41-35(47(9,10)11)23-33(45(3,4)5)24-36(41)48(12,13)14/h21-28H,1-20H3. The summed E-state index contributed by atoms with van der Waals surface area (Å²) in [6.07, 6.45) is 0. The smallest absolute Gasteiger partial charge is 0.0234 e. The van der Waals surface area contributed by atoms with Crippen LogP contribution in [0.2, 0.25) is 0 Å². The van der Waals surface area contributed by atoms with E-state index in [4.69, 9.17) is 0 Å². The molecule has 0 radical (unpaired) electrons. The van der Waals surface area contributed by atoms with Gasteiger partial charge in [0.15, 0.2) is 0 Å². The van der Waals surface area contributed by atoms with Gasteiger partial charge in [0.2, 0.25) is 0 Å². The van der Waals surface area contributed by atoms with Crippen LogP contribution in [-0.2, 0) is 32.5 Å². The Morgan fingerprint density at radius 1 is 0.370 bits per heavy atom. The highest BCUT2D eigenvalue weighted by Gasteiger charge is 2.32. The molecule has 0 fully saturated rings. The molecule has 0 N–H and O–H groups in total. The average Bonchev–Trinajstić information content (AvgIpc) is 3.60. The van der Waals surface area contributed by atoms with Crippen LogP contribution in [0.15, 0.2) is 47.2 Å². The number of hydrogen-bond donors (Lipinski definition) is 0. The highest BCUT2D eigenvalue weighted by Crippen LogP contribution is 2.48. The van der Waals surface area contributed by atoms with E-state index in [0.717, 1.165) is 0 Å². The molecular formula is C50H68P2S2. The summed E-state index contributed by atoms with van der Waals surface area (Å²) in [6, 6.07) is 15.1. The molecule has 0 bridgehead atoms. The van der Waals surface area contributed by atoms with Crippen LogP contribution in [0.4, 0.5) is 0 Å². The zero-order valence-corrected chi connectivity index (χ0v) is 40.8. The van der Waals surface area contributed by atoms with Gasteiger partial charge in [0.25, 0.3) is 0 Å². The second-order valence-electron chi connectivity index (χ2n) is 21.9. The van der Waals surface area contributed by atoms with Crippen molar-refractivity contribution in [3.8, 4) is 22.3 Å². The fraction of sp³-hybridized carbons (Fsp3) is 0.520. The van der Waals surface area contributed by atoms with Crippen LogP contribution in [0.3, 0.4) is 0 Å². The molecule has 5 rings (SSSR count). The van der Waals surface area contributed by atoms with Crippen LogP contribution in [0.5, 0.6) is 0 Å². The van der Waals surface area contributed by atoms with Gasteiger partial charge in [0.05, 0.1) is 0 Å². The molecule has 290 valence electrons. The molecule has 5 aromatic rings. The van der Waals surface area contributed by atoms with Gasteiger partial charge in [-0.15, -0.1) is 22.7 Å². The first kappa shape index (κ1) is 43.1. The normalized spacial score (nSPS) is 14.5. The number of benzene rings is 2. The first-order valence-corrected chi connectivity index (χ1v) is 23.4. The van der Waals surface area contributed by atoms with Gasteiger partial charge >= 0.3 is 0 Å². The molecule has 3 aromatic carbocycles. The van der Waals surface area contributed by atoms with E-state index in [1.54, 1.807) is 0 Å². The maximum Gasteiger partial charge on any atom is 0.0234 e. The molecule has 0 amide bonds. The zero-order valence-electron chi connectivity index (χ0n) is 37.3. The summed E-state index contributed by atoms with van der Waals surface area (Å²) in [4.78, 5) is 5.71. The summed E-state index contributed by atoms with van der Waals surface area (Å²) in [5.74, 6) is 0. The minimum Gasteiger partial charge on any atom is -0.149 e. The molecule has 54 heavy (non-hydrogen) atoms. The molecule has 0 aliphatic heterocycles. The van der Waals surface area contributed by atoms with E-state index in [9.17, 15) is 0 Å². The second kappa shape index (κ2) is 14.4. The maximum absolute atomic E-state index is 2.55. The lowest BCUT2D eigenvalue weighted by Gasteiger charge is -2.33. The van der Waals surface area contributed by atoms with Crippen molar-refractivity contribution in [2.24, 2.45) is 0 Å². The van der Waals surface area contributed by atoms with Crippen molar-refractivity contribution < 1.29 is 0 Å². The van der Waals surface area contributed by atoms with E-state index in [0.29, 0.717) is 0 Å². The van der Waals surface area contributed by atoms with Crippen molar-refractivity contribution in [2.45, 2.75) is 171 Å². The predicted molar refractivity (Wildman–Crippen MR) is 250 cm³/mol. The summed E-state index contributed by atoms with van der Waals surface area (Å²) in [5, 5.41) is 7.80. The van der Waals surface area contributed by atoms with Gasteiger partial charge in [-0.25, -0.2) is 0 Å². The highest BCUT2D eigenvalue weighted by molar-refractivity contribution is 7.42. The van der Waals surface area contributed by atoms with Crippen LogP contribution in [0.1, 0.15) is 168 Å². The summed E-state index contributed by atoms with van der Waals surface area (Å²) < 4.78 is 0. The molecule has 0 saturated carbocycles. The van der Waals surface area contributed by atoms with Gasteiger partial charge in [-0.3, -0.25) is 0 Å². The van der Waals surface area contributed by atoms with Crippen LogP contribution in [0, 0.1) is 23.7 Å². The third-order valence-corrected chi connectivity index (χ3v) is 15.3. The lowest BCUT2D eigenvalue weighted by atomic mass is 9.75. The highest BCUT2D eigenvalue weighted by atomic mass is 32.1. The van der Waals surface area contributed by atoms with Gasteiger partial charge in [0.1, 0.15) is 0 Å². The number of hydrogen-bond acceptors (Lipinski definition) is 2. The fourth-order valence-electron chi connectivity index (χ4n) is 7.23. The lowest BCUT2D eigenvalue weighted by Crippen LogP contribution is -2.30. The number of thiophene rings is 2. The Balaban J connectivity index is 2.11. The first-order valence-electron chi connectivity index (χ1n) is 19.8. The Morgan fingerprint density at radius 2 is 0.630 bits per heavy atom. The Kier molecular flexibility index (Phi) is 11.5. The van der Waals surface area contributed by atoms with E-state index in [1.807, 2.05) is 22.7 Å². The van der Waals surface area contributed by atoms with Crippen LogP contribution < -0.4 is 10.6 Å². The monoisotopic (exact) mass is 794 g/mol. The minimum absolute atomic E-state index is 0.0104. The van der Waals surface area contributed by atoms with Gasteiger partial charge in [-0.2, -0.15) is 0 Å². The molecule has 0 unspecified atom stereocenters. The van der Waals surface area contributed by atoms with Crippen molar-refractivity contribution in [1.29, 1.82) is 0 Å². The largest absolute Gasteiger partial charge is 0.149 e. The van der Waals surface area contributed by atoms with Crippen LogP contribution in [-0.4, -0.2) is 0 Å². The quantitative estimate of drug-likeness (QED) is 0.159. The van der Waals surface area contributed by atoms with Crippen molar-refractivity contribution in [2.75, 3.05) is 0 Å². The Morgan fingerprint density at radius 3 is 0.815 bits per heavy atom. The van der Waals surface area contributed by atoms with Crippen molar-refractivity contribution in [3.05, 3.63) is 100 Å². The van der Waals surface area contributed by atoms with Gasteiger partial charge in [-0.05, 0) is 114 Å². The van der Waals surface area contributed by atoms with Gasteiger partial charge < -0.3 is 0 Å². The number of aryl methyl sites for hydroxylation is 2. The summed E-state index contributed by atoms with van der Waals surface area (Å²) >= 11 is 3.75. The zero-order chi connectivity index (χ0) is 40.7. The third kappa shape index (κ3) is 8.89. The molecule has 2 aromatic heterocycles. The lowest BCUT2D eigenvalue weighted by molar-refractivity contribution is 0.553. The molecule has 2 heterocycles.